The molecule has 0 bridgehead atoms. The number of furan rings is 1. The fraction of sp³-hybridized carbons (Fsp3) is 0. The predicted molar refractivity (Wildman–Crippen MR) is 217 cm³/mol. The van der Waals surface area contributed by atoms with Gasteiger partial charge in [0.15, 0.2) is 17.5 Å². The molecule has 0 fully saturated rings. The monoisotopic (exact) mass is 686 g/mol. The first-order chi connectivity index (χ1) is 30.0. The first-order valence-corrected chi connectivity index (χ1v) is 17.0. The summed E-state index contributed by atoms with van der Waals surface area (Å²) < 4.78 is 84.9. The summed E-state index contributed by atoms with van der Waals surface area (Å²) in [6.45, 7) is 0. The Morgan fingerprint density at radius 1 is 0.396 bits per heavy atom. The van der Waals surface area contributed by atoms with E-state index in [-0.39, 0.29) is 52.8 Å². The molecule has 0 N–H and O–H groups in total. The zero-order valence-corrected chi connectivity index (χ0v) is 28.0. The lowest BCUT2D eigenvalue weighted by molar-refractivity contribution is 0.670. The van der Waals surface area contributed by atoms with Gasteiger partial charge in [-0.25, -0.2) is 15.0 Å². The van der Waals surface area contributed by atoms with Gasteiger partial charge in [-0.3, -0.25) is 0 Å². The summed E-state index contributed by atoms with van der Waals surface area (Å²) in [6, 6.07) is 38.6. The molecular weight excluding hydrogens is 647 g/mol. The van der Waals surface area contributed by atoms with Gasteiger partial charge in [-0.05, 0) is 56.8 Å². The van der Waals surface area contributed by atoms with E-state index in [1.807, 2.05) is 103 Å². The number of hydrogen-bond acceptors (Lipinski definition) is 4. The van der Waals surface area contributed by atoms with Crippen LogP contribution in [0.4, 0.5) is 0 Å². The van der Waals surface area contributed by atoms with Crippen LogP contribution in [0, 0.1) is 0 Å². The first-order valence-electron chi connectivity index (χ1n) is 21.5. The molecule has 53 heavy (non-hydrogen) atoms. The lowest BCUT2D eigenvalue weighted by atomic mass is 9.95. The lowest BCUT2D eigenvalue weighted by Gasteiger charge is -2.10. The molecular formula is C49H31N3O. The minimum atomic E-state index is -0.536. The molecule has 0 aliphatic rings. The van der Waals surface area contributed by atoms with E-state index in [1.165, 1.54) is 6.07 Å². The zero-order valence-electron chi connectivity index (χ0n) is 37.0. The zero-order chi connectivity index (χ0) is 43.0. The smallest absolute Gasteiger partial charge is 0.164 e. The molecule has 0 saturated heterocycles. The topological polar surface area (TPSA) is 51.8 Å². The van der Waals surface area contributed by atoms with Gasteiger partial charge in [-0.15, -0.1) is 0 Å². The van der Waals surface area contributed by atoms with Gasteiger partial charge >= 0.3 is 0 Å². The molecule has 248 valence electrons. The van der Waals surface area contributed by atoms with Gasteiger partial charge in [0.1, 0.15) is 11.2 Å². The van der Waals surface area contributed by atoms with Crippen molar-refractivity contribution in [2.24, 2.45) is 0 Å². The molecule has 2 aromatic heterocycles. The molecule has 4 nitrogen and oxygen atoms in total. The molecule has 10 rings (SSSR count). The largest absolute Gasteiger partial charge is 0.455 e. The number of hydrogen-bond donors (Lipinski definition) is 0. The van der Waals surface area contributed by atoms with E-state index in [0.29, 0.717) is 49.7 Å². The van der Waals surface area contributed by atoms with E-state index in [9.17, 15) is 1.37 Å². The maximum absolute atomic E-state index is 9.22. The molecule has 0 atom stereocenters. The summed E-state index contributed by atoms with van der Waals surface area (Å²) in [4.78, 5) is 14.3. The maximum Gasteiger partial charge on any atom is 0.164 e. The summed E-state index contributed by atoms with van der Waals surface area (Å²) in [7, 11) is 0. The van der Waals surface area contributed by atoms with E-state index in [4.69, 9.17) is 25.4 Å². The van der Waals surface area contributed by atoms with Crippen molar-refractivity contribution in [1.29, 1.82) is 0 Å². The highest BCUT2D eigenvalue weighted by Crippen LogP contribution is 2.41. The molecule has 0 unspecified atom stereocenters. The quantitative estimate of drug-likeness (QED) is 0.175. The Kier molecular flexibility index (Phi) is 5.49. The van der Waals surface area contributed by atoms with Gasteiger partial charge in [-0.1, -0.05) is 170 Å². The molecule has 2 heterocycles. The lowest BCUT2D eigenvalue weighted by Crippen LogP contribution is -2.00. The summed E-state index contributed by atoms with van der Waals surface area (Å²) in [5.41, 5.74) is 5.49. The summed E-state index contributed by atoms with van der Waals surface area (Å²) >= 11 is 0. The highest BCUT2D eigenvalue weighted by Gasteiger charge is 2.18. The molecule has 0 spiro atoms. The highest BCUT2D eigenvalue weighted by atomic mass is 16.3. The Hall–Kier alpha value is -7.17. The van der Waals surface area contributed by atoms with Crippen LogP contribution >= 0.6 is 0 Å². The van der Waals surface area contributed by atoms with Crippen molar-refractivity contribution in [3.8, 4) is 67.5 Å². The molecule has 10 aromatic rings. The first kappa shape index (κ1) is 22.6. The molecule has 0 aliphatic heterocycles. The minimum absolute atomic E-state index is 0.0210. The molecule has 4 heteroatoms. The van der Waals surface area contributed by atoms with E-state index < -0.39 is 30.2 Å². The molecule has 8 aromatic carbocycles. The van der Waals surface area contributed by atoms with Gasteiger partial charge in [0.2, 0.25) is 0 Å². The molecule has 0 amide bonds. The highest BCUT2D eigenvalue weighted by molar-refractivity contribution is 6.15. The summed E-state index contributed by atoms with van der Waals surface area (Å²) in [5, 5.41) is 2.90. The number of rotatable bonds is 6. The van der Waals surface area contributed by atoms with Crippen molar-refractivity contribution in [1.82, 2.24) is 15.0 Å². The summed E-state index contributed by atoms with van der Waals surface area (Å²) in [6.07, 6.45) is 0. The van der Waals surface area contributed by atoms with Crippen LogP contribution in [-0.2, 0) is 0 Å². The second-order valence-electron chi connectivity index (χ2n) is 12.5. The fourth-order valence-corrected chi connectivity index (χ4v) is 6.74. The second-order valence-corrected chi connectivity index (χ2v) is 12.5. The van der Waals surface area contributed by atoms with Crippen LogP contribution < -0.4 is 0 Å². The van der Waals surface area contributed by atoms with Crippen molar-refractivity contribution < 1.29 is 16.8 Å². The van der Waals surface area contributed by atoms with Crippen LogP contribution in [0.15, 0.2) is 192 Å². The Morgan fingerprint density at radius 2 is 1.04 bits per heavy atom. The Labute approximate surface area is 319 Å². The third-order valence-corrected chi connectivity index (χ3v) is 9.31. The van der Waals surface area contributed by atoms with E-state index >= 15 is 0 Å². The average molecular weight is 687 g/mol. The van der Waals surface area contributed by atoms with E-state index in [1.54, 1.807) is 24.3 Å². The van der Waals surface area contributed by atoms with Crippen molar-refractivity contribution in [3.05, 3.63) is 188 Å². The molecule has 0 saturated carbocycles. The van der Waals surface area contributed by atoms with Crippen molar-refractivity contribution in [2.75, 3.05) is 0 Å². The number of fused-ring (bicyclic) bond motifs is 4. The summed E-state index contributed by atoms with van der Waals surface area (Å²) in [5.74, 6) is 0.242. The molecule has 0 aliphatic carbocycles. The Balaban J connectivity index is 1.17. The van der Waals surface area contributed by atoms with Crippen molar-refractivity contribution >= 4 is 32.7 Å². The van der Waals surface area contributed by atoms with Gasteiger partial charge in [-0.2, -0.15) is 0 Å². The minimum Gasteiger partial charge on any atom is -0.455 e. The van der Waals surface area contributed by atoms with Gasteiger partial charge in [0.25, 0.3) is 0 Å². The van der Waals surface area contributed by atoms with Crippen LogP contribution in [0.3, 0.4) is 0 Å². The SMILES string of the molecule is [2H]c1cc2c(oc3c([2H])cc([2H])c(-c4cccc(-c5nc(-c6ccc(-c7ccccc7)cc6)nc(-c6c([2H])c([2H])c([2H])c([2H])c6[2H])n5)c4)c32)c(-c2ccc3ccccc3c2)c1[2H]. The van der Waals surface area contributed by atoms with Crippen LogP contribution in [0.5, 0.6) is 0 Å². The Morgan fingerprint density at radius 3 is 1.87 bits per heavy atom. The van der Waals surface area contributed by atoms with E-state index in [2.05, 4.69) is 4.98 Å². The molecule has 0 radical (unpaired) electrons. The average Bonchev–Trinajstić information content (AvgIpc) is 3.67. The number of aromatic nitrogens is 3. The van der Waals surface area contributed by atoms with Crippen molar-refractivity contribution in [3.63, 3.8) is 0 Å². The van der Waals surface area contributed by atoms with E-state index in [0.717, 1.165) is 21.9 Å². The van der Waals surface area contributed by atoms with Gasteiger partial charge < -0.3 is 4.42 Å². The predicted octanol–water partition coefficient (Wildman–Crippen LogP) is 12.9. The maximum atomic E-state index is 9.22. The van der Waals surface area contributed by atoms with Crippen LogP contribution in [0.1, 0.15) is 12.3 Å². The van der Waals surface area contributed by atoms with Crippen LogP contribution in [0.2, 0.25) is 0 Å². The second kappa shape index (κ2) is 12.9. The van der Waals surface area contributed by atoms with Gasteiger partial charge in [0, 0.05) is 33.0 Å². The fourth-order valence-electron chi connectivity index (χ4n) is 6.74. The number of para-hydroxylation sites is 1. The van der Waals surface area contributed by atoms with Gasteiger partial charge in [0.05, 0.1) is 12.3 Å². The van der Waals surface area contributed by atoms with Crippen LogP contribution in [-0.4, -0.2) is 15.0 Å². The van der Waals surface area contributed by atoms with Crippen LogP contribution in [0.25, 0.3) is 100 Å². The third kappa shape index (κ3) is 5.63. The standard InChI is InChI=1S/C49H31N3O/c1-3-12-32(13-4-1)34-24-27-36(28-25-34)48-50-47(35-15-5-2-6-16-35)51-49(52-48)40-19-9-18-38(31-40)41-20-11-23-44-45(41)43-22-10-21-42(46(43)53-44)39-29-26-33-14-7-8-17-37(33)30-39/h1-31H/i2D,5D,6D,10D,15D,16D,20D,21D,23D. The van der Waals surface area contributed by atoms with Crippen molar-refractivity contribution in [2.45, 2.75) is 0 Å². The third-order valence-electron chi connectivity index (χ3n) is 9.31. The number of nitrogens with zero attached hydrogens (tertiary/aromatic N) is 3. The normalized spacial score (nSPS) is 13.8. The Bertz CT molecular complexity index is 3440. The number of benzene rings is 8.